The van der Waals surface area contributed by atoms with Crippen LogP contribution in [0.2, 0.25) is 0 Å². The highest BCUT2D eigenvalue weighted by Crippen LogP contribution is 2.29. The third kappa shape index (κ3) is 2.74. The van der Waals surface area contributed by atoms with E-state index in [1.165, 1.54) is 6.42 Å². The molecule has 1 aliphatic rings. The fourth-order valence-corrected chi connectivity index (χ4v) is 2.54. The Bertz CT molecular complexity index is 451. The molecule has 0 aromatic heterocycles. The molecule has 1 unspecified atom stereocenters. The Morgan fingerprint density at radius 3 is 3.11 bits per heavy atom. The van der Waals surface area contributed by atoms with Gasteiger partial charge in [-0.3, -0.25) is 0 Å². The van der Waals surface area contributed by atoms with Gasteiger partial charge in [0, 0.05) is 20.2 Å². The van der Waals surface area contributed by atoms with E-state index in [1.54, 1.807) is 13.2 Å². The van der Waals surface area contributed by atoms with Crippen LogP contribution in [0.3, 0.4) is 0 Å². The number of hydrogen-bond acceptors (Lipinski definition) is 4. The number of rotatable bonds is 3. The van der Waals surface area contributed by atoms with Crippen molar-refractivity contribution in [2.24, 2.45) is 5.92 Å². The molecule has 1 aliphatic heterocycles. The third-order valence-electron chi connectivity index (χ3n) is 3.42. The van der Waals surface area contributed by atoms with Crippen LogP contribution >= 0.6 is 0 Å². The molecule has 1 heterocycles. The van der Waals surface area contributed by atoms with Crippen LogP contribution in [0.1, 0.15) is 18.4 Å². The van der Waals surface area contributed by atoms with Crippen molar-refractivity contribution in [3.8, 4) is 6.07 Å². The summed E-state index contributed by atoms with van der Waals surface area (Å²) in [5.74, 6) is 0.550. The first-order valence-electron chi connectivity index (χ1n) is 6.28. The number of benzene rings is 1. The van der Waals surface area contributed by atoms with Gasteiger partial charge < -0.3 is 15.4 Å². The van der Waals surface area contributed by atoms with Gasteiger partial charge in [-0.25, -0.2) is 0 Å². The Hall–Kier alpha value is -1.73. The highest BCUT2D eigenvalue weighted by molar-refractivity contribution is 5.69. The van der Waals surface area contributed by atoms with Gasteiger partial charge in [0.25, 0.3) is 0 Å². The van der Waals surface area contributed by atoms with E-state index in [2.05, 4.69) is 11.0 Å². The lowest BCUT2D eigenvalue weighted by molar-refractivity contribution is 0.143. The fourth-order valence-electron chi connectivity index (χ4n) is 2.54. The van der Waals surface area contributed by atoms with Crippen molar-refractivity contribution in [2.45, 2.75) is 12.8 Å². The summed E-state index contributed by atoms with van der Waals surface area (Å²) >= 11 is 0. The molecule has 18 heavy (non-hydrogen) atoms. The summed E-state index contributed by atoms with van der Waals surface area (Å²) in [4.78, 5) is 2.27. The van der Waals surface area contributed by atoms with Crippen molar-refractivity contribution in [1.29, 1.82) is 5.26 Å². The molecule has 1 saturated heterocycles. The molecule has 2 N–H and O–H groups in total. The summed E-state index contributed by atoms with van der Waals surface area (Å²) in [6.07, 6.45) is 2.34. The number of methoxy groups -OCH3 is 1. The second-order valence-corrected chi connectivity index (χ2v) is 4.80. The minimum atomic E-state index is 0.550. The molecule has 4 heteroatoms. The van der Waals surface area contributed by atoms with Crippen LogP contribution in [0.15, 0.2) is 18.2 Å². The molecule has 2 rings (SSSR count). The van der Waals surface area contributed by atoms with Gasteiger partial charge in [-0.1, -0.05) is 0 Å². The van der Waals surface area contributed by atoms with Crippen LogP contribution < -0.4 is 10.6 Å². The number of nitrogens with zero attached hydrogens (tertiary/aromatic N) is 2. The van der Waals surface area contributed by atoms with Gasteiger partial charge >= 0.3 is 0 Å². The molecule has 4 nitrogen and oxygen atoms in total. The minimum Gasteiger partial charge on any atom is -0.397 e. The highest BCUT2D eigenvalue weighted by atomic mass is 16.5. The number of nitrogens with two attached hydrogens (primary N) is 1. The number of anilines is 2. The predicted octanol–water partition coefficient (Wildman–Crippen LogP) is 2.00. The summed E-state index contributed by atoms with van der Waals surface area (Å²) in [5, 5.41) is 8.96. The van der Waals surface area contributed by atoms with E-state index < -0.39 is 0 Å². The van der Waals surface area contributed by atoms with E-state index in [0.29, 0.717) is 11.5 Å². The van der Waals surface area contributed by atoms with Gasteiger partial charge in [0.2, 0.25) is 0 Å². The summed E-state index contributed by atoms with van der Waals surface area (Å²) in [7, 11) is 1.74. The Balaban J connectivity index is 2.17. The molecule has 1 fully saturated rings. The quantitative estimate of drug-likeness (QED) is 0.827. The van der Waals surface area contributed by atoms with Crippen LogP contribution in [0, 0.1) is 17.2 Å². The van der Waals surface area contributed by atoms with Crippen LogP contribution in [-0.4, -0.2) is 26.8 Å². The average Bonchev–Trinajstić information content (AvgIpc) is 2.40. The Labute approximate surface area is 108 Å². The molecule has 0 saturated carbocycles. The van der Waals surface area contributed by atoms with E-state index in [0.717, 1.165) is 37.5 Å². The van der Waals surface area contributed by atoms with Crippen molar-refractivity contribution < 1.29 is 4.74 Å². The number of piperidine rings is 1. The minimum absolute atomic E-state index is 0.550. The third-order valence-corrected chi connectivity index (χ3v) is 3.42. The second-order valence-electron chi connectivity index (χ2n) is 4.80. The van der Waals surface area contributed by atoms with Gasteiger partial charge in [0.15, 0.2) is 0 Å². The van der Waals surface area contributed by atoms with Gasteiger partial charge in [-0.05, 0) is 37.0 Å². The first kappa shape index (κ1) is 12.7. The lowest BCUT2D eigenvalue weighted by Crippen LogP contribution is -2.37. The first-order chi connectivity index (χ1) is 8.74. The molecule has 1 aromatic carbocycles. The average molecular weight is 245 g/mol. The van der Waals surface area contributed by atoms with Crippen LogP contribution in [0.25, 0.3) is 0 Å². The second kappa shape index (κ2) is 5.74. The Morgan fingerprint density at radius 1 is 1.56 bits per heavy atom. The van der Waals surface area contributed by atoms with Crippen LogP contribution in [0.5, 0.6) is 0 Å². The molecule has 96 valence electrons. The summed E-state index contributed by atoms with van der Waals surface area (Å²) in [6.45, 7) is 2.74. The van der Waals surface area contributed by atoms with Gasteiger partial charge in [0.1, 0.15) is 0 Å². The number of ether oxygens (including phenoxy) is 1. The first-order valence-corrected chi connectivity index (χ1v) is 6.28. The maximum Gasteiger partial charge on any atom is 0.0992 e. The normalized spacial score (nSPS) is 19.6. The van der Waals surface area contributed by atoms with Crippen molar-refractivity contribution in [2.75, 3.05) is 37.4 Å². The number of nitriles is 1. The molecular formula is C14H19N3O. The topological polar surface area (TPSA) is 62.3 Å². The Morgan fingerprint density at radius 2 is 2.39 bits per heavy atom. The standard InChI is InChI=1S/C14H19N3O/c1-18-10-12-3-2-6-17(9-12)14-7-11(8-15)4-5-13(14)16/h4-5,7,12H,2-3,6,9-10,16H2,1H3. The molecular weight excluding hydrogens is 226 g/mol. The van der Waals surface area contributed by atoms with Crippen LogP contribution in [-0.2, 0) is 4.74 Å². The molecule has 1 aromatic rings. The van der Waals surface area contributed by atoms with Crippen LogP contribution in [0.4, 0.5) is 11.4 Å². The fraction of sp³-hybridized carbons (Fsp3) is 0.500. The Kier molecular flexibility index (Phi) is 4.06. The molecule has 0 radical (unpaired) electrons. The SMILES string of the molecule is COCC1CCCN(c2cc(C#N)ccc2N)C1. The molecule has 1 atom stereocenters. The molecule has 0 amide bonds. The van der Waals surface area contributed by atoms with E-state index in [-0.39, 0.29) is 0 Å². The maximum absolute atomic E-state index is 8.96. The van der Waals surface area contributed by atoms with Gasteiger partial charge in [0.05, 0.1) is 29.6 Å². The van der Waals surface area contributed by atoms with Crippen molar-refractivity contribution >= 4 is 11.4 Å². The summed E-state index contributed by atoms with van der Waals surface area (Å²) < 4.78 is 5.23. The van der Waals surface area contributed by atoms with Crippen molar-refractivity contribution in [1.82, 2.24) is 0 Å². The van der Waals surface area contributed by atoms with Gasteiger partial charge in [-0.15, -0.1) is 0 Å². The van der Waals surface area contributed by atoms with Crippen molar-refractivity contribution in [3.05, 3.63) is 23.8 Å². The highest BCUT2D eigenvalue weighted by Gasteiger charge is 2.21. The number of hydrogen-bond donors (Lipinski definition) is 1. The molecule has 0 aliphatic carbocycles. The maximum atomic E-state index is 8.96. The monoisotopic (exact) mass is 245 g/mol. The predicted molar refractivity (Wildman–Crippen MR) is 72.4 cm³/mol. The lowest BCUT2D eigenvalue weighted by Gasteiger charge is -2.34. The zero-order valence-electron chi connectivity index (χ0n) is 10.7. The number of nitrogen functional groups attached to an aromatic ring is 1. The van der Waals surface area contributed by atoms with E-state index in [9.17, 15) is 0 Å². The molecule has 0 bridgehead atoms. The van der Waals surface area contributed by atoms with E-state index >= 15 is 0 Å². The van der Waals surface area contributed by atoms with E-state index in [1.807, 2.05) is 12.1 Å². The summed E-state index contributed by atoms with van der Waals surface area (Å²) in [5.41, 5.74) is 8.40. The zero-order valence-corrected chi connectivity index (χ0v) is 10.7. The molecule has 0 spiro atoms. The van der Waals surface area contributed by atoms with Gasteiger partial charge in [-0.2, -0.15) is 5.26 Å². The zero-order chi connectivity index (χ0) is 13.0. The summed E-state index contributed by atoms with van der Waals surface area (Å²) in [6, 6.07) is 7.62. The lowest BCUT2D eigenvalue weighted by atomic mass is 9.98. The smallest absolute Gasteiger partial charge is 0.0992 e. The largest absolute Gasteiger partial charge is 0.397 e. The van der Waals surface area contributed by atoms with E-state index in [4.69, 9.17) is 15.7 Å². The van der Waals surface area contributed by atoms with Crippen molar-refractivity contribution in [3.63, 3.8) is 0 Å².